The maximum Gasteiger partial charge on any atom is 0.325 e. The standard InChI is InChI=1S/C5H6N2O2.C2H6/c1-3-2-4(8)7-5(9)6-3;1-2/h2H,1H3,(H2,6,7,8,9);1-2H3. The molecule has 0 bridgehead atoms. The van der Waals surface area contributed by atoms with Crippen molar-refractivity contribution in [2.24, 2.45) is 0 Å². The van der Waals surface area contributed by atoms with E-state index in [1.165, 1.54) is 6.07 Å². The molecular formula is C7H12N2O2. The first-order valence-corrected chi connectivity index (χ1v) is 3.49. The minimum Gasteiger partial charge on any atom is -0.312 e. The van der Waals surface area contributed by atoms with Crippen molar-refractivity contribution in [3.8, 4) is 0 Å². The Bertz CT molecular complexity index is 282. The zero-order valence-electron chi connectivity index (χ0n) is 6.89. The summed E-state index contributed by atoms with van der Waals surface area (Å²) in [5.74, 6) is 0. The number of hydrogen-bond acceptors (Lipinski definition) is 2. The fraction of sp³-hybridized carbons (Fsp3) is 0.429. The summed E-state index contributed by atoms with van der Waals surface area (Å²) < 4.78 is 0. The largest absolute Gasteiger partial charge is 0.325 e. The molecule has 1 rings (SSSR count). The highest BCUT2D eigenvalue weighted by Crippen LogP contribution is 1.73. The molecule has 4 heteroatoms. The molecule has 1 aromatic heterocycles. The van der Waals surface area contributed by atoms with E-state index in [-0.39, 0.29) is 5.56 Å². The van der Waals surface area contributed by atoms with Gasteiger partial charge in [0.2, 0.25) is 0 Å². The predicted molar refractivity (Wildman–Crippen MR) is 43.8 cm³/mol. The highest BCUT2D eigenvalue weighted by atomic mass is 16.2. The summed E-state index contributed by atoms with van der Waals surface area (Å²) in [6, 6.07) is 1.32. The number of aromatic amines is 2. The Morgan fingerprint density at radius 3 is 2.09 bits per heavy atom. The van der Waals surface area contributed by atoms with Crippen molar-refractivity contribution in [2.45, 2.75) is 20.8 Å². The van der Waals surface area contributed by atoms with Crippen LogP contribution >= 0.6 is 0 Å². The second-order valence-corrected chi connectivity index (χ2v) is 1.77. The van der Waals surface area contributed by atoms with Crippen molar-refractivity contribution in [1.82, 2.24) is 9.97 Å². The molecule has 0 radical (unpaired) electrons. The fourth-order valence-corrected chi connectivity index (χ4v) is 0.591. The van der Waals surface area contributed by atoms with Gasteiger partial charge in [0.05, 0.1) is 0 Å². The molecule has 0 aromatic carbocycles. The number of H-pyrrole nitrogens is 2. The lowest BCUT2D eigenvalue weighted by Gasteiger charge is -1.85. The van der Waals surface area contributed by atoms with E-state index in [9.17, 15) is 9.59 Å². The average Bonchev–Trinajstić information content (AvgIpc) is 1.88. The molecule has 0 fully saturated rings. The maximum absolute atomic E-state index is 10.4. The van der Waals surface area contributed by atoms with Gasteiger partial charge in [-0.3, -0.25) is 9.78 Å². The number of aromatic nitrogens is 2. The van der Waals surface area contributed by atoms with Gasteiger partial charge in [-0.25, -0.2) is 4.79 Å². The van der Waals surface area contributed by atoms with Gasteiger partial charge in [0.1, 0.15) is 0 Å². The smallest absolute Gasteiger partial charge is 0.312 e. The SMILES string of the molecule is CC.Cc1cc(=O)[nH]c(=O)[nH]1. The van der Waals surface area contributed by atoms with Crippen molar-refractivity contribution in [1.29, 1.82) is 0 Å². The van der Waals surface area contributed by atoms with Crippen LogP contribution in [0.3, 0.4) is 0 Å². The normalized spacial score (nSPS) is 8.27. The Labute approximate surface area is 64.3 Å². The van der Waals surface area contributed by atoms with Gasteiger partial charge in [0.25, 0.3) is 5.56 Å². The van der Waals surface area contributed by atoms with Crippen LogP contribution in [0.4, 0.5) is 0 Å². The maximum atomic E-state index is 10.4. The molecule has 62 valence electrons. The minimum atomic E-state index is -0.458. The monoisotopic (exact) mass is 156 g/mol. The van der Waals surface area contributed by atoms with E-state index in [4.69, 9.17) is 0 Å². The summed E-state index contributed by atoms with van der Waals surface area (Å²) >= 11 is 0. The summed E-state index contributed by atoms with van der Waals surface area (Å²) in [4.78, 5) is 25.3. The number of rotatable bonds is 0. The van der Waals surface area contributed by atoms with Crippen LogP contribution in [0.25, 0.3) is 0 Å². The van der Waals surface area contributed by atoms with E-state index in [1.54, 1.807) is 6.92 Å². The second-order valence-electron chi connectivity index (χ2n) is 1.77. The van der Waals surface area contributed by atoms with Crippen molar-refractivity contribution in [2.75, 3.05) is 0 Å². The number of nitrogens with one attached hydrogen (secondary N) is 2. The van der Waals surface area contributed by atoms with Gasteiger partial charge in [-0.15, -0.1) is 0 Å². The Morgan fingerprint density at radius 2 is 1.73 bits per heavy atom. The van der Waals surface area contributed by atoms with Gasteiger partial charge < -0.3 is 4.98 Å². The molecule has 4 nitrogen and oxygen atoms in total. The van der Waals surface area contributed by atoms with E-state index in [2.05, 4.69) is 4.98 Å². The van der Waals surface area contributed by atoms with Gasteiger partial charge in [-0.05, 0) is 6.92 Å². The first-order valence-electron chi connectivity index (χ1n) is 3.49. The van der Waals surface area contributed by atoms with Crippen LogP contribution in [-0.4, -0.2) is 9.97 Å². The minimum absolute atomic E-state index is 0.365. The quantitative estimate of drug-likeness (QED) is 0.571. The molecule has 0 saturated heterocycles. The topological polar surface area (TPSA) is 65.7 Å². The van der Waals surface area contributed by atoms with E-state index >= 15 is 0 Å². The van der Waals surface area contributed by atoms with Gasteiger partial charge >= 0.3 is 5.69 Å². The lowest BCUT2D eigenvalue weighted by molar-refractivity contribution is 0.994. The highest BCUT2D eigenvalue weighted by Gasteiger charge is 1.86. The van der Waals surface area contributed by atoms with Gasteiger partial charge in [0.15, 0.2) is 0 Å². The van der Waals surface area contributed by atoms with Crippen LogP contribution in [0.2, 0.25) is 0 Å². The molecule has 0 unspecified atom stereocenters. The molecule has 0 aliphatic heterocycles. The molecule has 0 aliphatic rings. The summed E-state index contributed by atoms with van der Waals surface area (Å²) in [6.07, 6.45) is 0. The Hall–Kier alpha value is -1.32. The van der Waals surface area contributed by atoms with Crippen molar-refractivity contribution >= 4 is 0 Å². The molecule has 2 N–H and O–H groups in total. The van der Waals surface area contributed by atoms with Crippen LogP contribution in [0.15, 0.2) is 15.7 Å². The number of aryl methyl sites for hydroxylation is 1. The molecule has 0 amide bonds. The molecule has 1 aromatic rings. The zero-order chi connectivity index (χ0) is 8.85. The second kappa shape index (κ2) is 4.49. The molecule has 11 heavy (non-hydrogen) atoms. The van der Waals surface area contributed by atoms with E-state index < -0.39 is 5.69 Å². The first-order chi connectivity index (χ1) is 5.18. The Balaban J connectivity index is 0.000000461. The first kappa shape index (κ1) is 9.68. The van der Waals surface area contributed by atoms with Crippen LogP contribution in [0, 0.1) is 6.92 Å². The molecule has 0 saturated carbocycles. The summed E-state index contributed by atoms with van der Waals surface area (Å²) in [5.41, 5.74) is -0.250. The third-order valence-electron chi connectivity index (χ3n) is 0.895. The Kier molecular flexibility index (Phi) is 3.95. The van der Waals surface area contributed by atoms with E-state index in [0.29, 0.717) is 5.69 Å². The van der Waals surface area contributed by atoms with E-state index in [0.717, 1.165) is 0 Å². The number of hydrogen-bond donors (Lipinski definition) is 2. The van der Waals surface area contributed by atoms with Crippen LogP contribution in [-0.2, 0) is 0 Å². The molecule has 0 spiro atoms. The summed E-state index contributed by atoms with van der Waals surface area (Å²) in [5, 5.41) is 0. The Morgan fingerprint density at radius 1 is 1.18 bits per heavy atom. The molecule has 0 atom stereocenters. The van der Waals surface area contributed by atoms with Crippen LogP contribution in [0.1, 0.15) is 19.5 Å². The molecular weight excluding hydrogens is 144 g/mol. The van der Waals surface area contributed by atoms with Gasteiger partial charge in [-0.1, -0.05) is 13.8 Å². The fourth-order valence-electron chi connectivity index (χ4n) is 0.591. The average molecular weight is 156 g/mol. The van der Waals surface area contributed by atoms with Crippen LogP contribution in [0.5, 0.6) is 0 Å². The highest BCUT2D eigenvalue weighted by molar-refractivity contribution is 4.93. The third kappa shape index (κ3) is 3.40. The third-order valence-corrected chi connectivity index (χ3v) is 0.895. The van der Waals surface area contributed by atoms with Crippen molar-refractivity contribution in [3.05, 3.63) is 32.6 Å². The molecule has 1 heterocycles. The molecule has 0 aliphatic carbocycles. The van der Waals surface area contributed by atoms with Gasteiger partial charge in [0, 0.05) is 11.8 Å². The van der Waals surface area contributed by atoms with E-state index in [1.807, 2.05) is 18.8 Å². The zero-order valence-corrected chi connectivity index (χ0v) is 6.89. The van der Waals surface area contributed by atoms with Crippen molar-refractivity contribution < 1.29 is 0 Å². The van der Waals surface area contributed by atoms with Gasteiger partial charge in [-0.2, -0.15) is 0 Å². The lowest BCUT2D eigenvalue weighted by atomic mass is 10.5. The summed E-state index contributed by atoms with van der Waals surface area (Å²) in [7, 11) is 0. The van der Waals surface area contributed by atoms with Crippen molar-refractivity contribution in [3.63, 3.8) is 0 Å². The van der Waals surface area contributed by atoms with Crippen LogP contribution < -0.4 is 11.2 Å². The lowest BCUT2D eigenvalue weighted by Crippen LogP contribution is -2.21. The predicted octanol–water partition coefficient (Wildman–Crippen LogP) is 0.398. The summed E-state index contributed by atoms with van der Waals surface area (Å²) in [6.45, 7) is 5.65.